The predicted octanol–water partition coefficient (Wildman–Crippen LogP) is 4.85. The molecule has 0 aliphatic carbocycles. The van der Waals surface area contributed by atoms with Gasteiger partial charge in [-0.3, -0.25) is 0 Å². The summed E-state index contributed by atoms with van der Waals surface area (Å²) in [7, 11) is 0. The Bertz CT molecular complexity index is 606. The van der Waals surface area contributed by atoms with E-state index in [0.29, 0.717) is 0 Å². The molecule has 2 nitrogen and oxygen atoms in total. The zero-order valence-corrected chi connectivity index (χ0v) is 14.1. The van der Waals surface area contributed by atoms with E-state index in [0.717, 1.165) is 22.5 Å². The van der Waals surface area contributed by atoms with Crippen molar-refractivity contribution in [3.63, 3.8) is 0 Å². The van der Waals surface area contributed by atoms with Crippen molar-refractivity contribution in [2.45, 2.75) is 33.1 Å². The third-order valence-corrected chi connectivity index (χ3v) is 4.37. The fourth-order valence-corrected chi connectivity index (χ4v) is 2.34. The molecule has 1 aromatic carbocycles. The minimum atomic E-state index is 0.0642. The minimum absolute atomic E-state index is 0.0642. The molecule has 1 N–H and O–H groups in total. The fraction of sp³-hybridized carbons (Fsp3) is 0.353. The van der Waals surface area contributed by atoms with E-state index in [9.17, 15) is 0 Å². The second-order valence-electron chi connectivity index (χ2n) is 5.87. The van der Waals surface area contributed by atoms with Gasteiger partial charge in [-0.2, -0.15) is 0 Å². The van der Waals surface area contributed by atoms with Crippen LogP contribution in [-0.4, -0.2) is 11.5 Å². The number of rotatable bonds is 4. The van der Waals surface area contributed by atoms with Crippen molar-refractivity contribution in [1.29, 1.82) is 0 Å². The average molecular weight is 333 g/mol. The number of hydrogen-bond acceptors (Lipinski definition) is 2. The van der Waals surface area contributed by atoms with E-state index in [4.69, 9.17) is 0 Å². The Morgan fingerprint density at radius 1 is 1.15 bits per heavy atom. The molecule has 1 aromatic heterocycles. The van der Waals surface area contributed by atoms with Crippen LogP contribution in [0.1, 0.15) is 30.7 Å². The van der Waals surface area contributed by atoms with Crippen molar-refractivity contribution >= 4 is 21.7 Å². The molecule has 0 bridgehead atoms. The van der Waals surface area contributed by atoms with Crippen molar-refractivity contribution in [3.05, 3.63) is 57.7 Å². The van der Waals surface area contributed by atoms with Gasteiger partial charge in [0.15, 0.2) is 0 Å². The van der Waals surface area contributed by atoms with Crippen LogP contribution in [0.5, 0.6) is 0 Å². The van der Waals surface area contributed by atoms with Crippen LogP contribution in [0.3, 0.4) is 0 Å². The summed E-state index contributed by atoms with van der Waals surface area (Å²) in [5.74, 6) is 0.923. The predicted molar refractivity (Wildman–Crippen MR) is 89.4 cm³/mol. The summed E-state index contributed by atoms with van der Waals surface area (Å²) in [6.07, 6.45) is 0. The van der Waals surface area contributed by atoms with Crippen LogP contribution < -0.4 is 5.32 Å². The van der Waals surface area contributed by atoms with Gasteiger partial charge >= 0.3 is 0 Å². The maximum atomic E-state index is 4.53. The first kappa shape index (κ1) is 15.0. The van der Waals surface area contributed by atoms with Crippen LogP contribution >= 0.6 is 15.9 Å². The van der Waals surface area contributed by atoms with Crippen molar-refractivity contribution in [2.24, 2.45) is 0 Å². The van der Waals surface area contributed by atoms with Gasteiger partial charge in [0, 0.05) is 16.4 Å². The fourth-order valence-electron chi connectivity index (χ4n) is 2.12. The number of aromatic nitrogens is 1. The van der Waals surface area contributed by atoms with Crippen LogP contribution in [0.25, 0.3) is 0 Å². The van der Waals surface area contributed by atoms with Crippen molar-refractivity contribution in [2.75, 3.05) is 11.9 Å². The van der Waals surface area contributed by atoms with Crippen LogP contribution in [0, 0.1) is 13.8 Å². The molecule has 0 spiro atoms. The topological polar surface area (TPSA) is 24.9 Å². The lowest BCUT2D eigenvalue weighted by Crippen LogP contribution is -2.28. The lowest BCUT2D eigenvalue weighted by atomic mass is 9.84. The molecular weight excluding hydrogens is 312 g/mol. The Morgan fingerprint density at radius 3 is 2.55 bits per heavy atom. The third-order valence-electron chi connectivity index (χ3n) is 3.53. The Balaban J connectivity index is 2.10. The monoisotopic (exact) mass is 332 g/mol. The zero-order valence-electron chi connectivity index (χ0n) is 12.5. The number of nitrogens with zero attached hydrogens (tertiary/aromatic N) is 1. The Kier molecular flexibility index (Phi) is 4.48. The molecule has 0 saturated carbocycles. The van der Waals surface area contributed by atoms with Crippen molar-refractivity contribution in [3.8, 4) is 0 Å². The summed E-state index contributed by atoms with van der Waals surface area (Å²) in [6.45, 7) is 9.49. The molecule has 20 heavy (non-hydrogen) atoms. The lowest BCUT2D eigenvalue weighted by molar-refractivity contribution is 0.555. The minimum Gasteiger partial charge on any atom is -0.369 e. The number of pyridine rings is 1. The number of benzene rings is 1. The highest BCUT2D eigenvalue weighted by Crippen LogP contribution is 2.25. The molecule has 3 heteroatoms. The molecule has 0 radical (unpaired) electrons. The average Bonchev–Trinajstić information content (AvgIpc) is 2.40. The third kappa shape index (κ3) is 3.60. The smallest absolute Gasteiger partial charge is 0.126 e. The van der Waals surface area contributed by atoms with Gasteiger partial charge in [0.1, 0.15) is 5.82 Å². The van der Waals surface area contributed by atoms with Gasteiger partial charge in [0.2, 0.25) is 0 Å². The number of anilines is 1. The summed E-state index contributed by atoms with van der Waals surface area (Å²) in [6, 6.07) is 12.7. The molecule has 1 heterocycles. The van der Waals surface area contributed by atoms with Crippen LogP contribution in [0.15, 0.2) is 40.9 Å². The van der Waals surface area contributed by atoms with E-state index in [-0.39, 0.29) is 5.41 Å². The van der Waals surface area contributed by atoms with Gasteiger partial charge in [-0.15, -0.1) is 0 Å². The quantitative estimate of drug-likeness (QED) is 0.865. The summed E-state index contributed by atoms with van der Waals surface area (Å²) in [4.78, 5) is 4.53. The van der Waals surface area contributed by atoms with Gasteiger partial charge in [0.05, 0.1) is 5.69 Å². The molecule has 2 rings (SSSR count). The maximum Gasteiger partial charge on any atom is 0.126 e. The van der Waals surface area contributed by atoms with Gasteiger partial charge in [-0.05, 0) is 47.5 Å². The molecule has 0 unspecified atom stereocenters. The van der Waals surface area contributed by atoms with Crippen molar-refractivity contribution in [1.82, 2.24) is 4.98 Å². The normalized spacial score (nSPS) is 11.4. The number of nitrogens with one attached hydrogen (secondary N) is 1. The number of aryl methyl sites for hydroxylation is 2. The van der Waals surface area contributed by atoms with Gasteiger partial charge < -0.3 is 5.32 Å². The number of halogens is 1. The van der Waals surface area contributed by atoms with E-state index < -0.39 is 0 Å². The highest BCUT2D eigenvalue weighted by molar-refractivity contribution is 9.10. The van der Waals surface area contributed by atoms with Crippen LogP contribution in [0.2, 0.25) is 0 Å². The first-order valence-electron chi connectivity index (χ1n) is 6.83. The summed E-state index contributed by atoms with van der Waals surface area (Å²) < 4.78 is 1.04. The molecule has 2 aromatic rings. The lowest BCUT2D eigenvalue weighted by Gasteiger charge is -2.26. The molecule has 0 atom stereocenters. The van der Waals surface area contributed by atoms with Crippen LogP contribution in [-0.2, 0) is 5.41 Å². The second kappa shape index (κ2) is 5.96. The van der Waals surface area contributed by atoms with E-state index in [1.165, 1.54) is 11.1 Å². The highest BCUT2D eigenvalue weighted by Gasteiger charge is 2.20. The van der Waals surface area contributed by atoms with E-state index >= 15 is 0 Å². The molecule has 106 valence electrons. The molecule has 0 aliphatic heterocycles. The molecular formula is C17H21BrN2. The molecule has 0 amide bonds. The largest absolute Gasteiger partial charge is 0.369 e. The van der Waals surface area contributed by atoms with Gasteiger partial charge in [-0.25, -0.2) is 4.98 Å². The van der Waals surface area contributed by atoms with E-state index in [1.54, 1.807) is 0 Å². The zero-order chi connectivity index (χ0) is 14.8. The Hall–Kier alpha value is -1.35. The highest BCUT2D eigenvalue weighted by atomic mass is 79.9. The maximum absolute atomic E-state index is 4.53. The van der Waals surface area contributed by atoms with Crippen molar-refractivity contribution < 1.29 is 0 Å². The summed E-state index contributed by atoms with van der Waals surface area (Å²) in [5.41, 5.74) is 3.71. The van der Waals surface area contributed by atoms with E-state index in [1.807, 2.05) is 19.1 Å². The molecule has 0 fully saturated rings. The standard InChI is InChI=1S/C17H21BrN2/c1-12-6-5-7-14(10-12)17(3,4)11-19-16-9-8-15(18)13(2)20-16/h5-10H,11H2,1-4H3,(H,19,20). The van der Waals surface area contributed by atoms with Gasteiger partial charge in [-0.1, -0.05) is 43.7 Å². The SMILES string of the molecule is Cc1cccc(C(C)(C)CNc2ccc(Br)c(C)n2)c1. The summed E-state index contributed by atoms with van der Waals surface area (Å²) >= 11 is 3.47. The first-order valence-corrected chi connectivity index (χ1v) is 7.62. The second-order valence-corrected chi connectivity index (χ2v) is 6.72. The van der Waals surface area contributed by atoms with Crippen LogP contribution in [0.4, 0.5) is 5.82 Å². The number of hydrogen-bond donors (Lipinski definition) is 1. The first-order chi connectivity index (χ1) is 9.38. The van der Waals surface area contributed by atoms with Gasteiger partial charge in [0.25, 0.3) is 0 Å². The molecule has 0 saturated heterocycles. The Labute approximate surface area is 129 Å². The van der Waals surface area contributed by atoms with E-state index in [2.05, 4.69) is 71.3 Å². The molecule has 0 aliphatic rings. The summed E-state index contributed by atoms with van der Waals surface area (Å²) in [5, 5.41) is 3.44. The Morgan fingerprint density at radius 2 is 1.90 bits per heavy atom.